The number of alkyl halides is 1. The lowest BCUT2D eigenvalue weighted by molar-refractivity contribution is 0.574. The topological polar surface area (TPSA) is 59.9 Å². The molecule has 7 heteroatoms. The summed E-state index contributed by atoms with van der Waals surface area (Å²) in [5.41, 5.74) is 0. The van der Waals surface area contributed by atoms with E-state index in [2.05, 4.69) is 9.97 Å². The number of halogens is 2. The summed E-state index contributed by atoms with van der Waals surface area (Å²) in [5.74, 6) is 0.195. The predicted molar refractivity (Wildman–Crippen MR) is 66.7 cm³/mol. The SMILES string of the molecule is CC(CCl)CS(=O)(=O)c1ncc(I)cn1. The number of hydrogen-bond donors (Lipinski definition) is 0. The van der Waals surface area contributed by atoms with Gasteiger partial charge >= 0.3 is 0 Å². The zero-order chi connectivity index (χ0) is 11.5. The molecule has 1 aromatic heterocycles. The van der Waals surface area contributed by atoms with E-state index in [4.69, 9.17) is 11.6 Å². The maximum absolute atomic E-state index is 11.7. The normalized spacial score (nSPS) is 13.8. The van der Waals surface area contributed by atoms with E-state index >= 15 is 0 Å². The van der Waals surface area contributed by atoms with Gasteiger partial charge in [-0.15, -0.1) is 11.6 Å². The van der Waals surface area contributed by atoms with Crippen LogP contribution in [0, 0.1) is 9.49 Å². The molecule has 0 saturated heterocycles. The van der Waals surface area contributed by atoms with Crippen LogP contribution in [-0.2, 0) is 9.84 Å². The van der Waals surface area contributed by atoms with Crippen molar-refractivity contribution in [2.75, 3.05) is 11.6 Å². The molecule has 0 N–H and O–H groups in total. The van der Waals surface area contributed by atoms with Crippen molar-refractivity contribution < 1.29 is 8.42 Å². The third kappa shape index (κ3) is 3.84. The molecule has 0 aliphatic carbocycles. The monoisotopic (exact) mass is 360 g/mol. The van der Waals surface area contributed by atoms with Crippen LogP contribution in [0.5, 0.6) is 0 Å². The summed E-state index contributed by atoms with van der Waals surface area (Å²) in [6.07, 6.45) is 2.96. The molecule has 1 rings (SSSR count). The fourth-order valence-electron chi connectivity index (χ4n) is 0.955. The van der Waals surface area contributed by atoms with Gasteiger partial charge < -0.3 is 0 Å². The Kier molecular flexibility index (Phi) is 4.72. The quantitative estimate of drug-likeness (QED) is 0.466. The van der Waals surface area contributed by atoms with Crippen LogP contribution in [0.3, 0.4) is 0 Å². The third-order valence-electron chi connectivity index (χ3n) is 1.64. The second kappa shape index (κ2) is 5.40. The van der Waals surface area contributed by atoms with Crippen LogP contribution >= 0.6 is 34.2 Å². The highest BCUT2D eigenvalue weighted by molar-refractivity contribution is 14.1. The van der Waals surface area contributed by atoms with Gasteiger partial charge in [0.2, 0.25) is 15.0 Å². The van der Waals surface area contributed by atoms with E-state index in [0.717, 1.165) is 3.57 Å². The van der Waals surface area contributed by atoms with Gasteiger partial charge in [-0.3, -0.25) is 0 Å². The lowest BCUT2D eigenvalue weighted by atomic mass is 10.3. The summed E-state index contributed by atoms with van der Waals surface area (Å²) in [6.45, 7) is 1.78. The minimum atomic E-state index is -3.40. The summed E-state index contributed by atoms with van der Waals surface area (Å²) >= 11 is 7.58. The summed E-state index contributed by atoms with van der Waals surface area (Å²) in [4.78, 5) is 7.58. The fraction of sp³-hybridized carbons (Fsp3) is 0.500. The second-order valence-corrected chi connectivity index (χ2v) is 6.71. The highest BCUT2D eigenvalue weighted by Gasteiger charge is 2.20. The molecule has 15 heavy (non-hydrogen) atoms. The first-order valence-corrected chi connectivity index (χ1v) is 7.48. The van der Waals surface area contributed by atoms with E-state index in [1.807, 2.05) is 22.6 Å². The van der Waals surface area contributed by atoms with Crippen molar-refractivity contribution in [1.82, 2.24) is 9.97 Å². The smallest absolute Gasteiger partial charge is 0.226 e. The highest BCUT2D eigenvalue weighted by Crippen LogP contribution is 2.11. The molecular weight excluding hydrogens is 351 g/mol. The van der Waals surface area contributed by atoms with E-state index in [1.165, 1.54) is 12.4 Å². The molecule has 4 nitrogen and oxygen atoms in total. The fourth-order valence-corrected chi connectivity index (χ4v) is 2.91. The van der Waals surface area contributed by atoms with Gasteiger partial charge in [-0.2, -0.15) is 0 Å². The molecular formula is C8H10ClIN2O2S. The molecule has 84 valence electrons. The standard InChI is InChI=1S/C8H10ClIN2O2S/c1-6(2-9)5-15(13,14)8-11-3-7(10)4-12-8/h3-4,6H,2,5H2,1H3. The Bertz CT molecular complexity index is 421. The third-order valence-corrected chi connectivity index (χ3v) is 4.50. The molecule has 0 fully saturated rings. The highest BCUT2D eigenvalue weighted by atomic mass is 127. The maximum atomic E-state index is 11.7. The first kappa shape index (κ1) is 13.1. The van der Waals surface area contributed by atoms with Gasteiger partial charge in [0.05, 0.1) is 5.75 Å². The number of nitrogens with zero attached hydrogens (tertiary/aromatic N) is 2. The number of hydrogen-bond acceptors (Lipinski definition) is 4. The Morgan fingerprint density at radius 3 is 2.47 bits per heavy atom. The molecule has 0 aromatic carbocycles. The molecule has 1 atom stereocenters. The summed E-state index contributed by atoms with van der Waals surface area (Å²) in [5, 5.41) is -0.125. The van der Waals surface area contributed by atoms with Crippen molar-refractivity contribution in [2.24, 2.45) is 5.92 Å². The van der Waals surface area contributed by atoms with Crippen LogP contribution < -0.4 is 0 Å². The van der Waals surface area contributed by atoms with Gasteiger partial charge in [-0.1, -0.05) is 6.92 Å². The van der Waals surface area contributed by atoms with Crippen molar-refractivity contribution in [2.45, 2.75) is 12.1 Å². The van der Waals surface area contributed by atoms with Gasteiger partial charge in [0.25, 0.3) is 0 Å². The summed E-state index contributed by atoms with van der Waals surface area (Å²) < 4.78 is 24.3. The molecule has 0 aliphatic heterocycles. The first-order valence-electron chi connectivity index (χ1n) is 4.22. The molecule has 1 aromatic rings. The van der Waals surface area contributed by atoms with Crippen LogP contribution in [0.15, 0.2) is 17.6 Å². The van der Waals surface area contributed by atoms with E-state index in [-0.39, 0.29) is 16.8 Å². The van der Waals surface area contributed by atoms with Crippen molar-refractivity contribution >= 4 is 44.0 Å². The average molecular weight is 361 g/mol. The lowest BCUT2D eigenvalue weighted by Gasteiger charge is -2.06. The van der Waals surface area contributed by atoms with Crippen molar-refractivity contribution in [3.63, 3.8) is 0 Å². The van der Waals surface area contributed by atoms with Gasteiger partial charge in [0.1, 0.15) is 0 Å². The Morgan fingerprint density at radius 1 is 1.47 bits per heavy atom. The molecule has 1 heterocycles. The van der Waals surface area contributed by atoms with E-state index in [0.29, 0.717) is 5.88 Å². The first-order chi connectivity index (χ1) is 6.95. The van der Waals surface area contributed by atoms with E-state index in [1.54, 1.807) is 6.92 Å². The summed E-state index contributed by atoms with van der Waals surface area (Å²) in [6, 6.07) is 0. The largest absolute Gasteiger partial charge is 0.247 e. The molecule has 0 amide bonds. The minimum Gasteiger partial charge on any atom is -0.226 e. The Labute approximate surface area is 108 Å². The maximum Gasteiger partial charge on any atom is 0.247 e. The van der Waals surface area contributed by atoms with Gasteiger partial charge in [-0.25, -0.2) is 18.4 Å². The van der Waals surface area contributed by atoms with E-state index < -0.39 is 9.84 Å². The van der Waals surface area contributed by atoms with Crippen LogP contribution in [-0.4, -0.2) is 30.0 Å². The second-order valence-electron chi connectivity index (χ2n) is 3.22. The van der Waals surface area contributed by atoms with Crippen LogP contribution in [0.4, 0.5) is 0 Å². The van der Waals surface area contributed by atoms with Crippen molar-refractivity contribution in [3.05, 3.63) is 16.0 Å². The lowest BCUT2D eigenvalue weighted by Crippen LogP contribution is -2.17. The Morgan fingerprint density at radius 2 is 2.00 bits per heavy atom. The predicted octanol–water partition coefficient (Wildman–Crippen LogP) is 1.73. The molecule has 0 bridgehead atoms. The number of rotatable bonds is 4. The number of aromatic nitrogens is 2. The molecule has 1 unspecified atom stereocenters. The van der Waals surface area contributed by atoms with E-state index in [9.17, 15) is 8.42 Å². The molecule has 0 spiro atoms. The number of sulfone groups is 1. The van der Waals surface area contributed by atoms with Crippen molar-refractivity contribution in [1.29, 1.82) is 0 Å². The molecule has 0 aliphatic rings. The Hall–Kier alpha value is 0.0500. The molecule has 0 radical (unpaired) electrons. The average Bonchev–Trinajstić information content (AvgIpc) is 2.17. The Balaban J connectivity index is 2.91. The summed E-state index contributed by atoms with van der Waals surface area (Å²) in [7, 11) is -3.40. The zero-order valence-electron chi connectivity index (χ0n) is 8.02. The van der Waals surface area contributed by atoms with Crippen LogP contribution in [0.2, 0.25) is 0 Å². The minimum absolute atomic E-state index is 0.0168. The van der Waals surface area contributed by atoms with Gasteiger partial charge in [0, 0.05) is 21.8 Å². The van der Waals surface area contributed by atoms with Crippen molar-refractivity contribution in [3.8, 4) is 0 Å². The zero-order valence-corrected chi connectivity index (χ0v) is 11.8. The van der Waals surface area contributed by atoms with Gasteiger partial charge in [0.15, 0.2) is 0 Å². The molecule has 0 saturated carbocycles. The van der Waals surface area contributed by atoms with Gasteiger partial charge in [-0.05, 0) is 28.5 Å². The van der Waals surface area contributed by atoms with Crippen LogP contribution in [0.1, 0.15) is 6.92 Å². The van der Waals surface area contributed by atoms with Crippen LogP contribution in [0.25, 0.3) is 0 Å².